The number of esters is 2. The Balaban J connectivity index is 1.54. The summed E-state index contributed by atoms with van der Waals surface area (Å²) in [5.74, 6) is 4.77. The van der Waals surface area contributed by atoms with Crippen LogP contribution >= 0.6 is 0 Å². The van der Waals surface area contributed by atoms with E-state index in [1.807, 2.05) is 0 Å². The largest absolute Gasteiger partial charge is 0.458 e. The molecule has 0 N–H and O–H groups in total. The fourth-order valence-electron chi connectivity index (χ4n) is 9.37. The van der Waals surface area contributed by atoms with Gasteiger partial charge in [0.1, 0.15) is 6.10 Å². The molecule has 0 unspecified atom stereocenters. The molecule has 4 rings (SSSR count). The van der Waals surface area contributed by atoms with Crippen molar-refractivity contribution in [3.63, 3.8) is 0 Å². The van der Waals surface area contributed by atoms with Gasteiger partial charge in [-0.15, -0.1) is 0 Å². The van der Waals surface area contributed by atoms with E-state index in [1.54, 1.807) is 0 Å². The maximum Gasteiger partial charge on any atom is 0.303 e. The molecule has 0 bridgehead atoms. The molecule has 0 saturated heterocycles. The fraction of sp³-hybridized carbons (Fsp3) is 0.875. The maximum atomic E-state index is 12.0. The van der Waals surface area contributed by atoms with Crippen molar-refractivity contribution in [2.45, 2.75) is 125 Å². The van der Waals surface area contributed by atoms with Crippen LogP contribution < -0.4 is 0 Å². The predicted molar refractivity (Wildman–Crippen MR) is 144 cm³/mol. The first-order valence-electron chi connectivity index (χ1n) is 14.9. The molecule has 4 heteroatoms. The number of rotatable bonds is 7. The van der Waals surface area contributed by atoms with Gasteiger partial charge in [0.2, 0.25) is 0 Å². The van der Waals surface area contributed by atoms with E-state index in [0.717, 1.165) is 48.9 Å². The Labute approximate surface area is 220 Å². The van der Waals surface area contributed by atoms with Gasteiger partial charge in [0.15, 0.2) is 6.10 Å². The zero-order chi connectivity index (χ0) is 26.4. The summed E-state index contributed by atoms with van der Waals surface area (Å²) in [7, 11) is 0. The number of allylic oxidation sites excluding steroid dienone is 1. The minimum atomic E-state index is -0.432. The minimum absolute atomic E-state index is 0.0252. The number of hydrogen-bond donors (Lipinski definition) is 0. The first-order valence-corrected chi connectivity index (χ1v) is 14.9. The summed E-state index contributed by atoms with van der Waals surface area (Å²) in [5, 5.41) is 0. The smallest absolute Gasteiger partial charge is 0.303 e. The molecule has 0 aliphatic heterocycles. The fourth-order valence-corrected chi connectivity index (χ4v) is 9.37. The molecule has 36 heavy (non-hydrogen) atoms. The Kier molecular flexibility index (Phi) is 8.04. The topological polar surface area (TPSA) is 52.6 Å². The lowest BCUT2D eigenvalue weighted by atomic mass is 9.46. The molecule has 4 nitrogen and oxygen atoms in total. The summed E-state index contributed by atoms with van der Waals surface area (Å²) < 4.78 is 11.5. The second kappa shape index (κ2) is 10.4. The Bertz CT molecular complexity index is 860. The van der Waals surface area contributed by atoms with E-state index < -0.39 is 6.10 Å². The summed E-state index contributed by atoms with van der Waals surface area (Å²) in [4.78, 5) is 23.8. The highest BCUT2D eigenvalue weighted by Gasteiger charge is 2.60. The van der Waals surface area contributed by atoms with Crippen LogP contribution in [-0.2, 0) is 19.1 Å². The van der Waals surface area contributed by atoms with E-state index in [9.17, 15) is 9.59 Å². The predicted octanol–water partition coefficient (Wildman–Crippen LogP) is 7.75. The van der Waals surface area contributed by atoms with Crippen LogP contribution in [0.15, 0.2) is 11.6 Å². The third kappa shape index (κ3) is 4.92. The lowest BCUT2D eigenvalue weighted by molar-refractivity contribution is -0.170. The highest BCUT2D eigenvalue weighted by molar-refractivity contribution is 5.68. The molecule has 0 aromatic rings. The molecule has 0 aromatic heterocycles. The van der Waals surface area contributed by atoms with E-state index in [0.29, 0.717) is 17.3 Å². The minimum Gasteiger partial charge on any atom is -0.458 e. The molecule has 0 radical (unpaired) electrons. The number of fused-ring (bicyclic) bond motifs is 5. The van der Waals surface area contributed by atoms with Crippen molar-refractivity contribution in [3.8, 4) is 0 Å². The van der Waals surface area contributed by atoms with Crippen molar-refractivity contribution >= 4 is 11.9 Å². The molecule has 0 amide bonds. The van der Waals surface area contributed by atoms with Crippen molar-refractivity contribution in [1.29, 1.82) is 0 Å². The molecule has 3 saturated carbocycles. The Morgan fingerprint density at radius 2 is 1.61 bits per heavy atom. The number of carbonyl (C=O) groups excluding carboxylic acids is 2. The summed E-state index contributed by atoms with van der Waals surface area (Å²) in [6.07, 6.45) is 12.5. The van der Waals surface area contributed by atoms with Gasteiger partial charge in [-0.2, -0.15) is 0 Å². The maximum absolute atomic E-state index is 12.0. The lowest BCUT2D eigenvalue weighted by Gasteiger charge is -2.59. The van der Waals surface area contributed by atoms with Gasteiger partial charge in [-0.3, -0.25) is 9.59 Å². The van der Waals surface area contributed by atoms with Gasteiger partial charge in [-0.05, 0) is 103 Å². The molecular weight excluding hydrogens is 448 g/mol. The van der Waals surface area contributed by atoms with Crippen molar-refractivity contribution in [1.82, 2.24) is 0 Å². The zero-order valence-corrected chi connectivity index (χ0v) is 24.3. The van der Waals surface area contributed by atoms with E-state index in [-0.39, 0.29) is 23.5 Å². The summed E-state index contributed by atoms with van der Waals surface area (Å²) in [6, 6.07) is 0. The molecule has 0 aromatic carbocycles. The van der Waals surface area contributed by atoms with Gasteiger partial charge >= 0.3 is 11.9 Å². The Morgan fingerprint density at radius 3 is 2.25 bits per heavy atom. The molecule has 4 aliphatic rings. The van der Waals surface area contributed by atoms with E-state index in [2.05, 4.69) is 47.6 Å². The highest BCUT2D eigenvalue weighted by Crippen LogP contribution is 2.67. The van der Waals surface area contributed by atoms with Crippen LogP contribution in [0.3, 0.4) is 0 Å². The van der Waals surface area contributed by atoms with Crippen LogP contribution in [0.1, 0.15) is 113 Å². The first-order chi connectivity index (χ1) is 16.9. The summed E-state index contributed by atoms with van der Waals surface area (Å²) in [5.41, 5.74) is 1.70. The SMILES string of the molecule is CC(=O)O[C@H]1CC[C@@]2(C)C(=CC[C@H]3[C@@H]4CC[C@H]([C@H](C)CC[C@@H](C)C(C)C)[C@@]4(C)CC[C@@H]32)[C@H]1OC(C)=O. The molecular formula is C32H52O4. The Hall–Kier alpha value is -1.32. The van der Waals surface area contributed by atoms with Crippen molar-refractivity contribution < 1.29 is 19.1 Å². The van der Waals surface area contributed by atoms with Gasteiger partial charge in [0.25, 0.3) is 0 Å². The highest BCUT2D eigenvalue weighted by atomic mass is 16.6. The number of hydrogen-bond acceptors (Lipinski definition) is 4. The van der Waals surface area contributed by atoms with Crippen LogP contribution in [0.4, 0.5) is 0 Å². The number of ether oxygens (including phenoxy) is 2. The molecule has 0 heterocycles. The van der Waals surface area contributed by atoms with Gasteiger partial charge in [0.05, 0.1) is 0 Å². The van der Waals surface area contributed by atoms with Crippen LogP contribution in [0.25, 0.3) is 0 Å². The van der Waals surface area contributed by atoms with Gasteiger partial charge < -0.3 is 9.47 Å². The van der Waals surface area contributed by atoms with E-state index >= 15 is 0 Å². The molecule has 4 aliphatic carbocycles. The molecule has 10 atom stereocenters. The lowest BCUT2D eigenvalue weighted by Crippen LogP contribution is -2.55. The van der Waals surface area contributed by atoms with Gasteiger partial charge in [-0.1, -0.05) is 60.5 Å². The van der Waals surface area contributed by atoms with E-state index in [4.69, 9.17) is 9.47 Å². The van der Waals surface area contributed by atoms with Crippen LogP contribution in [0.2, 0.25) is 0 Å². The second-order valence-electron chi connectivity index (χ2n) is 13.9. The van der Waals surface area contributed by atoms with Crippen molar-refractivity contribution in [3.05, 3.63) is 11.6 Å². The average Bonchev–Trinajstić information content (AvgIpc) is 3.15. The third-order valence-electron chi connectivity index (χ3n) is 11.7. The van der Waals surface area contributed by atoms with Crippen LogP contribution in [-0.4, -0.2) is 24.1 Å². The third-order valence-corrected chi connectivity index (χ3v) is 11.7. The molecule has 3 fully saturated rings. The van der Waals surface area contributed by atoms with Crippen LogP contribution in [0.5, 0.6) is 0 Å². The first kappa shape index (κ1) is 27.7. The van der Waals surface area contributed by atoms with Crippen molar-refractivity contribution in [2.24, 2.45) is 52.3 Å². The van der Waals surface area contributed by atoms with Crippen LogP contribution in [0, 0.1) is 52.3 Å². The summed E-state index contributed by atoms with van der Waals surface area (Å²) >= 11 is 0. The van der Waals surface area contributed by atoms with E-state index in [1.165, 1.54) is 57.9 Å². The number of carbonyl (C=O) groups is 2. The van der Waals surface area contributed by atoms with Gasteiger partial charge in [-0.25, -0.2) is 0 Å². The normalized spacial score (nSPS) is 41.4. The standard InChI is InChI=1S/C32H52O4/c1-19(2)20(3)9-10-21(4)25-13-14-26-24-11-12-28-30(36-23(6)34)29(35-22(5)33)16-18-32(28,8)27(24)15-17-31(25,26)7/h12,19-21,24-27,29-30H,9-11,13-18H2,1-8H3/t20-,21-,24+,25-,26+,27+,29+,30-,31-,32-/m1/s1. The molecule has 0 spiro atoms. The quantitative estimate of drug-likeness (QED) is 0.265. The zero-order valence-electron chi connectivity index (χ0n) is 24.3. The molecule has 204 valence electrons. The summed E-state index contributed by atoms with van der Waals surface area (Å²) in [6.45, 7) is 17.7. The second-order valence-corrected chi connectivity index (χ2v) is 13.9. The monoisotopic (exact) mass is 500 g/mol. The van der Waals surface area contributed by atoms with Crippen molar-refractivity contribution in [2.75, 3.05) is 0 Å². The average molecular weight is 501 g/mol. The van der Waals surface area contributed by atoms with Gasteiger partial charge in [0, 0.05) is 13.8 Å². The Morgan fingerprint density at radius 1 is 0.917 bits per heavy atom.